The summed E-state index contributed by atoms with van der Waals surface area (Å²) in [6.45, 7) is 3.02. The van der Waals surface area contributed by atoms with E-state index in [1.807, 2.05) is 30.3 Å². The summed E-state index contributed by atoms with van der Waals surface area (Å²) in [7, 11) is 0. The maximum absolute atomic E-state index is 12.0. The summed E-state index contributed by atoms with van der Waals surface area (Å²) in [5, 5.41) is 10.6. The van der Waals surface area contributed by atoms with E-state index >= 15 is 0 Å². The van der Waals surface area contributed by atoms with Gasteiger partial charge in [0.05, 0.1) is 18.9 Å². The Morgan fingerprint density at radius 2 is 1.84 bits per heavy atom. The summed E-state index contributed by atoms with van der Waals surface area (Å²) in [6.07, 6.45) is 6.84. The molecule has 0 atom stereocenters. The molecule has 2 aromatic heterocycles. The molecule has 0 spiro atoms. The van der Waals surface area contributed by atoms with Crippen molar-refractivity contribution in [1.82, 2.24) is 19.5 Å². The van der Waals surface area contributed by atoms with Gasteiger partial charge in [-0.05, 0) is 12.0 Å². The number of benzene rings is 1. The number of unbranched alkanes of at least 4 members (excludes halogenated alkanes) is 5. The predicted molar refractivity (Wildman–Crippen MR) is 122 cm³/mol. The Labute approximate surface area is 186 Å². The van der Waals surface area contributed by atoms with Crippen molar-refractivity contribution in [2.45, 2.75) is 57.1 Å². The van der Waals surface area contributed by atoms with E-state index in [1.54, 1.807) is 4.57 Å². The highest BCUT2D eigenvalue weighted by Gasteiger charge is 2.17. The van der Waals surface area contributed by atoms with E-state index in [2.05, 4.69) is 21.9 Å². The number of nitrogen functional groups attached to an aromatic ring is 1. The molecule has 0 saturated heterocycles. The molecule has 9 heteroatoms. The van der Waals surface area contributed by atoms with Crippen LogP contribution in [0, 0.1) is 0 Å². The van der Waals surface area contributed by atoms with E-state index in [4.69, 9.17) is 10.5 Å². The number of esters is 1. The van der Waals surface area contributed by atoms with Gasteiger partial charge in [0, 0.05) is 0 Å². The van der Waals surface area contributed by atoms with E-state index in [-0.39, 0.29) is 23.6 Å². The predicted octanol–water partition coefficient (Wildman–Crippen LogP) is 4.16. The number of fused-ring (bicyclic) bond motifs is 1. The van der Waals surface area contributed by atoms with Crippen molar-refractivity contribution in [1.29, 1.82) is 0 Å². The summed E-state index contributed by atoms with van der Waals surface area (Å²) >= 11 is 1.16. The molecule has 8 nitrogen and oxygen atoms in total. The number of nitrogens with zero attached hydrogens (tertiary/aromatic N) is 4. The Bertz CT molecular complexity index is 994. The molecule has 0 bridgehead atoms. The Hall–Kier alpha value is -2.81. The normalized spacial score (nSPS) is 11.1. The smallest absolute Gasteiger partial charge is 0.316 e. The zero-order valence-electron chi connectivity index (χ0n) is 17.8. The summed E-state index contributed by atoms with van der Waals surface area (Å²) in [4.78, 5) is 24.8. The number of ether oxygens (including phenoxy) is 1. The van der Waals surface area contributed by atoms with Crippen LogP contribution < -0.4 is 5.73 Å². The fourth-order valence-corrected chi connectivity index (χ4v) is 3.84. The number of aromatic hydroxyl groups is 1. The average molecular weight is 444 g/mol. The number of hydrogen-bond acceptors (Lipinski definition) is 8. The minimum absolute atomic E-state index is 0.0968. The molecule has 3 rings (SSSR count). The van der Waals surface area contributed by atoms with E-state index in [9.17, 15) is 9.90 Å². The lowest BCUT2D eigenvalue weighted by Gasteiger charge is -2.07. The van der Waals surface area contributed by atoms with Crippen LogP contribution >= 0.6 is 11.8 Å². The van der Waals surface area contributed by atoms with Crippen molar-refractivity contribution in [2.24, 2.45) is 0 Å². The van der Waals surface area contributed by atoms with E-state index in [0.717, 1.165) is 30.2 Å². The summed E-state index contributed by atoms with van der Waals surface area (Å²) in [5.74, 6) is -0.0453. The Morgan fingerprint density at radius 1 is 1.10 bits per heavy atom. The van der Waals surface area contributed by atoms with Crippen LogP contribution in [0.1, 0.15) is 51.0 Å². The van der Waals surface area contributed by atoms with Crippen LogP contribution in [-0.4, -0.2) is 43.0 Å². The van der Waals surface area contributed by atoms with Crippen LogP contribution in [0.2, 0.25) is 0 Å². The van der Waals surface area contributed by atoms with Gasteiger partial charge in [-0.15, -0.1) is 0 Å². The molecule has 3 aromatic rings. The molecule has 31 heavy (non-hydrogen) atoms. The highest BCUT2D eigenvalue weighted by molar-refractivity contribution is 7.99. The lowest BCUT2D eigenvalue weighted by Crippen LogP contribution is -2.09. The summed E-state index contributed by atoms with van der Waals surface area (Å²) in [6, 6.07) is 9.49. The molecule has 0 saturated carbocycles. The second kappa shape index (κ2) is 11.5. The fourth-order valence-electron chi connectivity index (χ4n) is 3.20. The van der Waals surface area contributed by atoms with Gasteiger partial charge in [-0.1, -0.05) is 81.1 Å². The SMILES string of the molecule is CCCCCCCCOC(=O)CSc1nc(N)c2nc(O)n(Cc3ccccc3)c2n1. The molecule has 0 aliphatic rings. The molecular weight excluding hydrogens is 414 g/mol. The molecule has 0 fully saturated rings. The van der Waals surface area contributed by atoms with E-state index < -0.39 is 0 Å². The van der Waals surface area contributed by atoms with Crippen LogP contribution in [0.15, 0.2) is 35.5 Å². The molecule has 0 radical (unpaired) electrons. The first-order chi connectivity index (χ1) is 15.1. The minimum atomic E-state index is -0.304. The number of aromatic nitrogens is 4. The van der Waals surface area contributed by atoms with Gasteiger partial charge in [-0.2, -0.15) is 4.98 Å². The molecule has 3 N–H and O–H groups in total. The molecule has 0 amide bonds. The number of nitrogens with two attached hydrogens (primary N) is 1. The van der Waals surface area contributed by atoms with Crippen LogP contribution in [-0.2, 0) is 16.1 Å². The van der Waals surface area contributed by atoms with Crippen LogP contribution in [0.4, 0.5) is 5.82 Å². The second-order valence-electron chi connectivity index (χ2n) is 7.32. The van der Waals surface area contributed by atoms with Gasteiger partial charge in [0.15, 0.2) is 22.1 Å². The molecule has 166 valence electrons. The van der Waals surface area contributed by atoms with Crippen LogP contribution in [0.5, 0.6) is 6.01 Å². The van der Waals surface area contributed by atoms with Crippen molar-refractivity contribution in [3.63, 3.8) is 0 Å². The van der Waals surface area contributed by atoms with Gasteiger partial charge in [-0.3, -0.25) is 9.36 Å². The van der Waals surface area contributed by atoms with Gasteiger partial charge in [0.2, 0.25) is 0 Å². The third-order valence-electron chi connectivity index (χ3n) is 4.84. The third-order valence-corrected chi connectivity index (χ3v) is 5.67. The number of carbonyl (C=O) groups excluding carboxylic acids is 1. The molecule has 2 heterocycles. The molecule has 0 unspecified atom stereocenters. The number of imidazole rings is 1. The Kier molecular flexibility index (Phi) is 8.52. The zero-order chi connectivity index (χ0) is 22.1. The van der Waals surface area contributed by atoms with Crippen molar-refractivity contribution in [3.8, 4) is 6.01 Å². The number of anilines is 1. The molecule has 1 aromatic carbocycles. The molecule has 0 aliphatic heterocycles. The van der Waals surface area contributed by atoms with Crippen molar-refractivity contribution in [2.75, 3.05) is 18.1 Å². The fraction of sp³-hybridized carbons (Fsp3) is 0.455. The van der Waals surface area contributed by atoms with Gasteiger partial charge >= 0.3 is 5.97 Å². The van der Waals surface area contributed by atoms with E-state index in [1.165, 1.54) is 25.7 Å². The maximum Gasteiger partial charge on any atom is 0.316 e. The molecule has 0 aliphatic carbocycles. The number of rotatable bonds is 12. The van der Waals surface area contributed by atoms with Crippen LogP contribution in [0.25, 0.3) is 11.2 Å². The van der Waals surface area contributed by atoms with Crippen molar-refractivity contribution in [3.05, 3.63) is 35.9 Å². The lowest BCUT2D eigenvalue weighted by molar-refractivity contribution is -0.140. The summed E-state index contributed by atoms with van der Waals surface area (Å²) < 4.78 is 6.86. The highest BCUT2D eigenvalue weighted by atomic mass is 32.2. The number of carbonyl (C=O) groups is 1. The van der Waals surface area contributed by atoms with Gasteiger partial charge in [0.25, 0.3) is 6.01 Å². The second-order valence-corrected chi connectivity index (χ2v) is 8.27. The minimum Gasteiger partial charge on any atom is -0.480 e. The van der Waals surface area contributed by atoms with E-state index in [0.29, 0.717) is 29.5 Å². The highest BCUT2D eigenvalue weighted by Crippen LogP contribution is 2.26. The Morgan fingerprint density at radius 3 is 2.61 bits per heavy atom. The van der Waals surface area contributed by atoms with Crippen molar-refractivity contribution < 1.29 is 14.6 Å². The quantitative estimate of drug-likeness (QED) is 0.185. The first-order valence-electron chi connectivity index (χ1n) is 10.6. The Balaban J connectivity index is 1.57. The van der Waals surface area contributed by atoms with Gasteiger partial charge in [-0.25, -0.2) is 9.97 Å². The summed E-state index contributed by atoms with van der Waals surface area (Å²) in [5.41, 5.74) is 7.77. The largest absolute Gasteiger partial charge is 0.480 e. The van der Waals surface area contributed by atoms with Crippen molar-refractivity contribution >= 4 is 34.7 Å². The lowest BCUT2D eigenvalue weighted by atomic mass is 10.1. The number of thioether (sulfide) groups is 1. The average Bonchev–Trinajstić information content (AvgIpc) is 3.08. The third kappa shape index (κ3) is 6.58. The number of hydrogen-bond donors (Lipinski definition) is 2. The maximum atomic E-state index is 12.0. The zero-order valence-corrected chi connectivity index (χ0v) is 18.6. The topological polar surface area (TPSA) is 116 Å². The molecular formula is C22H29N5O3S. The first kappa shape index (κ1) is 22.9. The van der Waals surface area contributed by atoms with Gasteiger partial charge < -0.3 is 15.6 Å². The van der Waals surface area contributed by atoms with Gasteiger partial charge in [0.1, 0.15) is 0 Å². The standard InChI is InChI=1S/C22H29N5O3S/c1-2-3-4-5-6-10-13-30-17(28)15-31-21-25-19(23)18-20(26-21)27(22(29)24-18)14-16-11-8-7-9-12-16/h7-9,11-12H,2-6,10,13-15H2,1H3,(H,24,29)(H2,23,25,26). The van der Waals surface area contributed by atoms with Crippen LogP contribution in [0.3, 0.4) is 0 Å². The monoisotopic (exact) mass is 443 g/mol. The first-order valence-corrected chi connectivity index (χ1v) is 11.6.